The van der Waals surface area contributed by atoms with Crippen LogP contribution in [0, 0.1) is 12.7 Å². The van der Waals surface area contributed by atoms with Crippen molar-refractivity contribution in [1.82, 2.24) is 4.98 Å². The Morgan fingerprint density at radius 3 is 2.53 bits per heavy atom. The largest absolute Gasteiger partial charge is 0.318 e. The minimum atomic E-state index is -0.871. The fourth-order valence-electron chi connectivity index (χ4n) is 2.04. The number of hydrogen-bond acceptors (Lipinski definition) is 2. The molecule has 1 unspecified atom stereocenters. The molecule has 88 valence electrons. The van der Waals surface area contributed by atoms with Crippen LogP contribution >= 0.6 is 0 Å². The smallest absolute Gasteiger partial charge is 0.128 e. The van der Waals surface area contributed by atoms with Gasteiger partial charge in [-0.25, -0.2) is 4.39 Å². The van der Waals surface area contributed by atoms with E-state index in [4.69, 9.17) is 5.73 Å². The van der Waals surface area contributed by atoms with Gasteiger partial charge in [0.05, 0.1) is 5.54 Å². The summed E-state index contributed by atoms with van der Waals surface area (Å²) in [6.07, 6.45) is 3.40. The maximum Gasteiger partial charge on any atom is 0.128 e. The second kappa shape index (κ2) is 4.26. The summed E-state index contributed by atoms with van der Waals surface area (Å²) >= 11 is 0. The quantitative estimate of drug-likeness (QED) is 0.861. The zero-order valence-electron chi connectivity index (χ0n) is 9.94. The molecule has 1 heterocycles. The molecule has 0 aliphatic heterocycles. The Hall–Kier alpha value is -1.74. The molecule has 0 amide bonds. The van der Waals surface area contributed by atoms with Crippen LogP contribution in [0.2, 0.25) is 0 Å². The molecule has 0 saturated heterocycles. The summed E-state index contributed by atoms with van der Waals surface area (Å²) in [6, 6.07) is 8.45. The minimum Gasteiger partial charge on any atom is -0.318 e. The van der Waals surface area contributed by atoms with E-state index in [1.54, 1.807) is 37.5 Å². The lowest BCUT2D eigenvalue weighted by Crippen LogP contribution is -2.36. The highest BCUT2D eigenvalue weighted by Crippen LogP contribution is 2.29. The van der Waals surface area contributed by atoms with Crippen molar-refractivity contribution in [1.29, 1.82) is 0 Å². The van der Waals surface area contributed by atoms with E-state index in [-0.39, 0.29) is 5.82 Å². The molecule has 2 N–H and O–H groups in total. The molecule has 1 aromatic heterocycles. The van der Waals surface area contributed by atoms with Gasteiger partial charge in [-0.15, -0.1) is 0 Å². The van der Waals surface area contributed by atoms with E-state index < -0.39 is 5.54 Å². The van der Waals surface area contributed by atoms with E-state index in [9.17, 15) is 4.39 Å². The van der Waals surface area contributed by atoms with Gasteiger partial charge in [0.1, 0.15) is 5.82 Å². The van der Waals surface area contributed by atoms with Crippen LogP contribution in [-0.2, 0) is 5.54 Å². The summed E-state index contributed by atoms with van der Waals surface area (Å²) in [5.41, 5.74) is 7.74. The first-order chi connectivity index (χ1) is 8.03. The first-order valence-corrected chi connectivity index (χ1v) is 5.48. The predicted molar refractivity (Wildman–Crippen MR) is 66.0 cm³/mol. The van der Waals surface area contributed by atoms with E-state index in [0.29, 0.717) is 5.56 Å². The van der Waals surface area contributed by atoms with E-state index in [0.717, 1.165) is 11.1 Å². The Kier molecular flexibility index (Phi) is 2.94. The third-order valence-electron chi connectivity index (χ3n) is 3.03. The van der Waals surface area contributed by atoms with E-state index in [1.807, 2.05) is 13.0 Å². The van der Waals surface area contributed by atoms with Crippen LogP contribution in [-0.4, -0.2) is 4.98 Å². The fourth-order valence-corrected chi connectivity index (χ4v) is 2.04. The van der Waals surface area contributed by atoms with Crippen LogP contribution in [0.1, 0.15) is 23.6 Å². The summed E-state index contributed by atoms with van der Waals surface area (Å²) < 4.78 is 13.8. The van der Waals surface area contributed by atoms with Crippen molar-refractivity contribution in [2.24, 2.45) is 5.73 Å². The highest BCUT2D eigenvalue weighted by molar-refractivity contribution is 5.40. The van der Waals surface area contributed by atoms with Crippen molar-refractivity contribution in [2.45, 2.75) is 19.4 Å². The van der Waals surface area contributed by atoms with Gasteiger partial charge in [0.2, 0.25) is 0 Å². The van der Waals surface area contributed by atoms with Crippen molar-refractivity contribution in [2.75, 3.05) is 0 Å². The number of benzene rings is 1. The number of halogens is 1. The summed E-state index contributed by atoms with van der Waals surface area (Å²) in [5, 5.41) is 0. The van der Waals surface area contributed by atoms with Gasteiger partial charge in [-0.3, -0.25) is 4.98 Å². The van der Waals surface area contributed by atoms with Gasteiger partial charge < -0.3 is 5.73 Å². The molecule has 2 rings (SSSR count). The molecule has 17 heavy (non-hydrogen) atoms. The Balaban J connectivity index is 2.58. The maximum atomic E-state index is 13.8. The summed E-state index contributed by atoms with van der Waals surface area (Å²) in [4.78, 5) is 4.06. The zero-order chi connectivity index (χ0) is 12.5. The highest BCUT2D eigenvalue weighted by atomic mass is 19.1. The number of aryl methyl sites for hydroxylation is 1. The fraction of sp³-hybridized carbons (Fsp3) is 0.214. The summed E-state index contributed by atoms with van der Waals surface area (Å²) in [5.74, 6) is -0.291. The van der Waals surface area contributed by atoms with Crippen molar-refractivity contribution in [3.8, 4) is 0 Å². The van der Waals surface area contributed by atoms with Crippen LogP contribution in [0.5, 0.6) is 0 Å². The van der Waals surface area contributed by atoms with Gasteiger partial charge >= 0.3 is 0 Å². The molecule has 3 heteroatoms. The van der Waals surface area contributed by atoms with Crippen molar-refractivity contribution in [3.05, 3.63) is 65.2 Å². The molecular formula is C14H15FN2. The molecule has 0 fully saturated rings. The molecule has 1 atom stereocenters. The normalized spacial score (nSPS) is 14.4. The number of pyridine rings is 1. The topological polar surface area (TPSA) is 38.9 Å². The van der Waals surface area contributed by atoms with Gasteiger partial charge in [0.15, 0.2) is 0 Å². The van der Waals surface area contributed by atoms with Gasteiger partial charge in [0.25, 0.3) is 0 Å². The van der Waals surface area contributed by atoms with E-state index in [1.165, 1.54) is 6.07 Å². The SMILES string of the molecule is Cc1ccncc1C(C)(N)c1ccccc1F. The monoisotopic (exact) mass is 230 g/mol. The van der Waals surface area contributed by atoms with Gasteiger partial charge in [-0.2, -0.15) is 0 Å². The Labute approximate surface area is 100 Å². The average Bonchev–Trinajstić information content (AvgIpc) is 2.29. The number of aromatic nitrogens is 1. The second-order valence-electron chi connectivity index (χ2n) is 4.37. The lowest BCUT2D eigenvalue weighted by atomic mass is 9.84. The lowest BCUT2D eigenvalue weighted by Gasteiger charge is -2.27. The van der Waals surface area contributed by atoms with Gasteiger partial charge in [-0.05, 0) is 37.1 Å². The Bertz CT molecular complexity index is 488. The first kappa shape index (κ1) is 11.7. The van der Waals surface area contributed by atoms with Crippen LogP contribution in [0.4, 0.5) is 4.39 Å². The maximum absolute atomic E-state index is 13.8. The van der Waals surface area contributed by atoms with Crippen LogP contribution in [0.3, 0.4) is 0 Å². The molecule has 2 nitrogen and oxygen atoms in total. The molecule has 0 saturated carbocycles. The van der Waals surface area contributed by atoms with E-state index >= 15 is 0 Å². The zero-order valence-corrected chi connectivity index (χ0v) is 9.94. The third kappa shape index (κ3) is 2.06. The molecule has 2 aromatic rings. The van der Waals surface area contributed by atoms with Gasteiger partial charge in [-0.1, -0.05) is 18.2 Å². The molecule has 1 aromatic carbocycles. The predicted octanol–water partition coefficient (Wildman–Crippen LogP) is 2.75. The van der Waals surface area contributed by atoms with Gasteiger partial charge in [0, 0.05) is 18.0 Å². The molecule has 0 radical (unpaired) electrons. The minimum absolute atomic E-state index is 0.291. The average molecular weight is 230 g/mol. The van der Waals surface area contributed by atoms with Crippen molar-refractivity contribution >= 4 is 0 Å². The van der Waals surface area contributed by atoms with Crippen molar-refractivity contribution in [3.63, 3.8) is 0 Å². The van der Waals surface area contributed by atoms with Crippen LogP contribution < -0.4 is 5.73 Å². The first-order valence-electron chi connectivity index (χ1n) is 5.48. The molecule has 0 aliphatic carbocycles. The molecule has 0 aliphatic rings. The molecular weight excluding hydrogens is 215 g/mol. The third-order valence-corrected chi connectivity index (χ3v) is 3.03. The molecule has 0 bridgehead atoms. The number of hydrogen-bond donors (Lipinski definition) is 1. The second-order valence-corrected chi connectivity index (χ2v) is 4.37. The standard InChI is InChI=1S/C14H15FN2/c1-10-7-8-17-9-12(10)14(2,16)11-5-3-4-6-13(11)15/h3-9H,16H2,1-2H3. The van der Waals surface area contributed by atoms with Crippen molar-refractivity contribution < 1.29 is 4.39 Å². The van der Waals surface area contributed by atoms with Crippen LogP contribution in [0.15, 0.2) is 42.7 Å². The molecule has 0 spiro atoms. The Morgan fingerprint density at radius 2 is 1.88 bits per heavy atom. The number of rotatable bonds is 2. The number of nitrogens with two attached hydrogens (primary N) is 1. The Morgan fingerprint density at radius 1 is 1.18 bits per heavy atom. The summed E-state index contributed by atoms with van der Waals surface area (Å²) in [6.45, 7) is 3.75. The highest BCUT2D eigenvalue weighted by Gasteiger charge is 2.28. The number of nitrogens with zero attached hydrogens (tertiary/aromatic N) is 1. The summed E-state index contributed by atoms with van der Waals surface area (Å²) in [7, 11) is 0. The van der Waals surface area contributed by atoms with E-state index in [2.05, 4.69) is 4.98 Å². The van der Waals surface area contributed by atoms with Crippen LogP contribution in [0.25, 0.3) is 0 Å². The lowest BCUT2D eigenvalue weighted by molar-refractivity contribution is 0.527.